The van der Waals surface area contributed by atoms with Gasteiger partial charge in [-0.2, -0.15) is 0 Å². The first-order chi connectivity index (χ1) is 13.4. The Labute approximate surface area is 165 Å². The standard InChI is InChI=1S/C22H28FN2O3/c1-4-15-13-25(23)10-8-16(15)11-21(25)22(28-14(2)26)18-7-9-24-20-6-5-17(27-3)12-19(18)20/h5-7,9,12,15-16,21-22H,4,8,10-11,13H2,1-3H3/q+1/t15-,16-,21+,22-,25+/m0/s1. The summed E-state index contributed by atoms with van der Waals surface area (Å²) in [4.78, 5) is 16.4. The van der Waals surface area contributed by atoms with E-state index in [0.717, 1.165) is 35.7 Å². The fraction of sp³-hybridized carbons (Fsp3) is 0.545. The number of esters is 1. The van der Waals surface area contributed by atoms with Crippen molar-refractivity contribution in [3.8, 4) is 5.75 Å². The molecule has 150 valence electrons. The highest BCUT2D eigenvalue weighted by Crippen LogP contribution is 2.49. The van der Waals surface area contributed by atoms with Crippen molar-refractivity contribution in [2.75, 3.05) is 20.2 Å². The minimum Gasteiger partial charge on any atom is -0.497 e. The summed E-state index contributed by atoms with van der Waals surface area (Å²) in [5.41, 5.74) is 1.59. The number of rotatable bonds is 5. The van der Waals surface area contributed by atoms with Crippen molar-refractivity contribution in [2.45, 2.75) is 45.3 Å². The number of piperidine rings is 3. The average Bonchev–Trinajstić information content (AvgIpc) is 2.70. The number of quaternary nitrogens is 1. The molecule has 1 aromatic heterocycles. The minimum atomic E-state index is -0.638. The van der Waals surface area contributed by atoms with Crippen LogP contribution in [0.4, 0.5) is 4.48 Å². The molecule has 6 heteroatoms. The minimum absolute atomic E-state index is 0.387. The zero-order valence-electron chi connectivity index (χ0n) is 16.7. The lowest BCUT2D eigenvalue weighted by Crippen LogP contribution is -2.64. The topological polar surface area (TPSA) is 48.4 Å². The number of pyridine rings is 1. The highest BCUT2D eigenvalue weighted by atomic mass is 19.2. The summed E-state index contributed by atoms with van der Waals surface area (Å²) in [6.45, 7) is 4.54. The van der Waals surface area contributed by atoms with Gasteiger partial charge in [-0.1, -0.05) is 6.92 Å². The van der Waals surface area contributed by atoms with Gasteiger partial charge in [0.1, 0.15) is 18.8 Å². The van der Waals surface area contributed by atoms with Crippen molar-refractivity contribution in [1.29, 1.82) is 0 Å². The van der Waals surface area contributed by atoms with Gasteiger partial charge in [-0.05, 0) is 41.1 Å². The molecule has 0 spiro atoms. The van der Waals surface area contributed by atoms with Crippen LogP contribution >= 0.6 is 0 Å². The fourth-order valence-electron chi connectivity index (χ4n) is 5.24. The predicted molar refractivity (Wildman–Crippen MR) is 104 cm³/mol. The van der Waals surface area contributed by atoms with Gasteiger partial charge >= 0.3 is 5.97 Å². The van der Waals surface area contributed by atoms with Gasteiger partial charge in [-0.25, -0.2) is 0 Å². The first-order valence-corrected chi connectivity index (χ1v) is 10.1. The summed E-state index contributed by atoms with van der Waals surface area (Å²) < 4.78 is 26.7. The fourth-order valence-corrected chi connectivity index (χ4v) is 5.24. The van der Waals surface area contributed by atoms with Crippen LogP contribution in [-0.2, 0) is 9.53 Å². The Morgan fingerprint density at radius 3 is 2.89 bits per heavy atom. The lowest BCUT2D eigenvalue weighted by molar-refractivity contribution is -1.09. The summed E-state index contributed by atoms with van der Waals surface area (Å²) >= 11 is 0. The van der Waals surface area contributed by atoms with Crippen molar-refractivity contribution in [3.05, 3.63) is 36.0 Å². The molecule has 0 radical (unpaired) electrons. The smallest absolute Gasteiger partial charge is 0.303 e. The lowest BCUT2D eigenvalue weighted by atomic mass is 9.72. The second-order valence-corrected chi connectivity index (χ2v) is 8.16. The van der Waals surface area contributed by atoms with Gasteiger partial charge in [0.15, 0.2) is 12.1 Å². The molecule has 2 aromatic rings. The normalized spacial score (nSPS) is 30.2. The van der Waals surface area contributed by atoms with Gasteiger partial charge in [0, 0.05) is 42.8 Å². The van der Waals surface area contributed by atoms with Gasteiger partial charge in [0.2, 0.25) is 0 Å². The molecule has 1 aromatic carbocycles. The zero-order valence-corrected chi connectivity index (χ0v) is 16.7. The Hall–Kier alpha value is -2.21. The van der Waals surface area contributed by atoms with E-state index >= 15 is 4.48 Å². The summed E-state index contributed by atoms with van der Waals surface area (Å²) in [6.07, 6.45) is 3.70. The third-order valence-electron chi connectivity index (χ3n) is 6.67. The third-order valence-corrected chi connectivity index (χ3v) is 6.67. The molecule has 3 saturated heterocycles. The van der Waals surface area contributed by atoms with Crippen molar-refractivity contribution in [2.24, 2.45) is 11.8 Å². The van der Waals surface area contributed by atoms with Crippen LogP contribution in [0.15, 0.2) is 30.5 Å². The van der Waals surface area contributed by atoms with E-state index in [2.05, 4.69) is 11.9 Å². The number of fused-ring (bicyclic) bond motifs is 4. The average molecular weight is 387 g/mol. The van der Waals surface area contributed by atoms with Gasteiger partial charge in [-0.15, -0.1) is 4.71 Å². The zero-order chi connectivity index (χ0) is 19.9. The van der Waals surface area contributed by atoms with Crippen LogP contribution in [0.25, 0.3) is 10.9 Å². The second kappa shape index (κ2) is 7.32. The molecule has 0 unspecified atom stereocenters. The first kappa shape index (κ1) is 19.1. The molecule has 4 heterocycles. The molecule has 3 aliphatic heterocycles. The molecule has 5 atom stereocenters. The highest BCUT2D eigenvalue weighted by molar-refractivity contribution is 5.84. The molecule has 0 saturated carbocycles. The van der Waals surface area contributed by atoms with Crippen LogP contribution < -0.4 is 4.74 Å². The number of methoxy groups -OCH3 is 1. The first-order valence-electron chi connectivity index (χ1n) is 10.1. The summed E-state index contributed by atoms with van der Waals surface area (Å²) in [6, 6.07) is 7.08. The molecular weight excluding hydrogens is 359 g/mol. The lowest BCUT2D eigenvalue weighted by Gasteiger charge is -2.51. The maximum Gasteiger partial charge on any atom is 0.303 e. The Bertz CT molecular complexity index is 889. The molecular formula is C22H28FN2O3+. The van der Waals surface area contributed by atoms with E-state index < -0.39 is 10.8 Å². The number of ether oxygens (including phenoxy) is 2. The molecule has 0 N–H and O–H groups in total. The molecule has 3 fully saturated rings. The number of hydrogen-bond acceptors (Lipinski definition) is 4. The third kappa shape index (κ3) is 3.24. The number of carbonyl (C=O) groups excluding carboxylic acids is 1. The maximum absolute atomic E-state index is 16.1. The van der Waals surface area contributed by atoms with Gasteiger partial charge in [0.05, 0.1) is 12.6 Å². The van der Waals surface area contributed by atoms with Crippen LogP contribution in [0.5, 0.6) is 5.75 Å². The Kier molecular flexibility index (Phi) is 5.00. The number of carbonyl (C=O) groups is 1. The van der Waals surface area contributed by atoms with Crippen LogP contribution in [0.3, 0.4) is 0 Å². The molecule has 2 bridgehead atoms. The SMILES string of the molecule is CC[C@H]1C[N@+]2(F)CC[C@H]1C[C@@H]2[C@@H](OC(C)=O)c1ccnc2ccc(OC)cc12. The summed E-state index contributed by atoms with van der Waals surface area (Å²) in [5, 5.41) is 0.842. The van der Waals surface area contributed by atoms with Crippen LogP contribution in [0, 0.1) is 11.8 Å². The van der Waals surface area contributed by atoms with Gasteiger partial charge in [-0.3, -0.25) is 9.78 Å². The molecule has 0 aliphatic carbocycles. The van der Waals surface area contributed by atoms with E-state index in [0.29, 0.717) is 30.7 Å². The molecule has 5 rings (SSSR count). The van der Waals surface area contributed by atoms with Crippen molar-refractivity contribution in [3.63, 3.8) is 0 Å². The van der Waals surface area contributed by atoms with Crippen LogP contribution in [-0.4, -0.2) is 41.9 Å². The van der Waals surface area contributed by atoms with Crippen molar-refractivity contribution < 1.29 is 23.5 Å². The van der Waals surface area contributed by atoms with E-state index in [1.807, 2.05) is 24.3 Å². The van der Waals surface area contributed by atoms with E-state index in [1.165, 1.54) is 6.92 Å². The molecule has 28 heavy (non-hydrogen) atoms. The number of hydrogen-bond donors (Lipinski definition) is 0. The largest absolute Gasteiger partial charge is 0.497 e. The van der Waals surface area contributed by atoms with E-state index in [1.54, 1.807) is 13.3 Å². The van der Waals surface area contributed by atoms with Crippen molar-refractivity contribution in [1.82, 2.24) is 4.98 Å². The molecule has 5 nitrogen and oxygen atoms in total. The number of halogens is 1. The monoisotopic (exact) mass is 387 g/mol. The number of benzene rings is 1. The van der Waals surface area contributed by atoms with Gasteiger partial charge < -0.3 is 9.47 Å². The van der Waals surface area contributed by atoms with Gasteiger partial charge in [0.25, 0.3) is 0 Å². The number of aromatic nitrogens is 1. The van der Waals surface area contributed by atoms with Crippen LogP contribution in [0.1, 0.15) is 44.8 Å². The Balaban J connectivity index is 1.80. The molecule has 0 amide bonds. The Morgan fingerprint density at radius 2 is 2.21 bits per heavy atom. The maximum atomic E-state index is 16.1. The van der Waals surface area contributed by atoms with Crippen molar-refractivity contribution >= 4 is 16.9 Å². The quantitative estimate of drug-likeness (QED) is 0.565. The predicted octanol–water partition coefficient (Wildman–Crippen LogP) is 4.37. The Morgan fingerprint density at radius 1 is 1.39 bits per heavy atom. The molecule has 3 aliphatic rings. The second-order valence-electron chi connectivity index (χ2n) is 8.16. The highest BCUT2D eigenvalue weighted by Gasteiger charge is 2.57. The summed E-state index contributed by atoms with van der Waals surface area (Å²) in [7, 11) is 1.61. The van der Waals surface area contributed by atoms with Crippen LogP contribution in [0.2, 0.25) is 0 Å². The number of nitrogens with zero attached hydrogens (tertiary/aromatic N) is 2. The van der Waals surface area contributed by atoms with E-state index in [-0.39, 0.29) is 12.0 Å². The van der Waals surface area contributed by atoms with E-state index in [4.69, 9.17) is 9.47 Å². The van der Waals surface area contributed by atoms with E-state index in [9.17, 15) is 4.79 Å². The summed E-state index contributed by atoms with van der Waals surface area (Å²) in [5.74, 6) is 1.21.